The van der Waals surface area contributed by atoms with Crippen LogP contribution in [0.4, 0.5) is 4.39 Å². The molecule has 0 saturated carbocycles. The molecule has 0 aliphatic rings. The molecule has 0 fully saturated rings. The Morgan fingerprint density at radius 3 is 2.67 bits per heavy atom. The van der Waals surface area contributed by atoms with Crippen molar-refractivity contribution in [2.75, 3.05) is 6.26 Å². The smallest absolute Gasteiger partial charge is 0.135 e. The number of nitrogens with zero attached hydrogens (tertiary/aromatic N) is 2. The molecule has 1 heterocycles. The van der Waals surface area contributed by atoms with Crippen LogP contribution in [0, 0.1) is 12.7 Å². The lowest BCUT2D eigenvalue weighted by Gasteiger charge is -2.15. The molecule has 1 aromatic carbocycles. The third-order valence-electron chi connectivity index (χ3n) is 3.09. The first-order valence-electron chi connectivity index (χ1n) is 5.62. The zero-order valence-corrected chi connectivity index (χ0v) is 11.5. The average Bonchev–Trinajstić information content (AvgIpc) is 2.78. The summed E-state index contributed by atoms with van der Waals surface area (Å²) in [6.07, 6.45) is 3.57. The lowest BCUT2D eigenvalue weighted by Crippen LogP contribution is -2.09. The Labute approximate surface area is 110 Å². The summed E-state index contributed by atoms with van der Waals surface area (Å²) >= 11 is 1.50. The summed E-state index contributed by atoms with van der Waals surface area (Å²) in [4.78, 5) is 0. The van der Waals surface area contributed by atoms with Gasteiger partial charge >= 0.3 is 0 Å². The number of nitrogens with two attached hydrogens (primary N) is 1. The first kappa shape index (κ1) is 13.1. The van der Waals surface area contributed by atoms with Crippen LogP contribution in [-0.2, 0) is 7.05 Å². The molecule has 2 N–H and O–H groups in total. The van der Waals surface area contributed by atoms with Gasteiger partial charge in [0.05, 0.1) is 11.1 Å². The molecule has 0 aliphatic heterocycles. The van der Waals surface area contributed by atoms with Crippen LogP contribution in [0.3, 0.4) is 0 Å². The number of rotatable bonds is 3. The van der Waals surface area contributed by atoms with E-state index in [9.17, 15) is 4.39 Å². The lowest BCUT2D eigenvalue weighted by atomic mass is 10.0. The first-order valence-corrected chi connectivity index (χ1v) is 6.90. The summed E-state index contributed by atoms with van der Waals surface area (Å²) in [6, 6.07) is 5.46. The van der Waals surface area contributed by atoms with Gasteiger partial charge in [0, 0.05) is 18.8 Å². The van der Waals surface area contributed by atoms with Crippen LogP contribution in [0.25, 0.3) is 11.3 Å². The van der Waals surface area contributed by atoms with Gasteiger partial charge < -0.3 is 5.73 Å². The van der Waals surface area contributed by atoms with Gasteiger partial charge in [0.25, 0.3) is 0 Å². The Kier molecular flexibility index (Phi) is 3.73. The molecular formula is C13H16FN3S. The fraction of sp³-hybridized carbons (Fsp3) is 0.308. The average molecular weight is 265 g/mol. The molecule has 1 unspecified atom stereocenters. The maximum absolute atomic E-state index is 14.4. The van der Waals surface area contributed by atoms with Crippen molar-refractivity contribution in [3.8, 4) is 11.3 Å². The van der Waals surface area contributed by atoms with E-state index in [4.69, 9.17) is 5.73 Å². The second kappa shape index (κ2) is 5.12. The monoisotopic (exact) mass is 265 g/mol. The van der Waals surface area contributed by atoms with Crippen molar-refractivity contribution in [2.45, 2.75) is 12.3 Å². The summed E-state index contributed by atoms with van der Waals surface area (Å²) < 4.78 is 16.1. The summed E-state index contributed by atoms with van der Waals surface area (Å²) in [5.41, 5.74) is 8.71. The van der Waals surface area contributed by atoms with Gasteiger partial charge in [-0.2, -0.15) is 5.10 Å². The van der Waals surface area contributed by atoms with Crippen molar-refractivity contribution in [3.63, 3.8) is 0 Å². The Morgan fingerprint density at radius 1 is 1.39 bits per heavy atom. The highest BCUT2D eigenvalue weighted by Crippen LogP contribution is 2.31. The summed E-state index contributed by atoms with van der Waals surface area (Å²) in [5.74, 6) is -0.222. The van der Waals surface area contributed by atoms with Crippen molar-refractivity contribution in [1.82, 2.24) is 9.78 Å². The van der Waals surface area contributed by atoms with E-state index in [1.54, 1.807) is 37.0 Å². The summed E-state index contributed by atoms with van der Waals surface area (Å²) in [7, 11) is 1.80. The SMILES string of the molecule is CSC(N)c1ccc(-c2ccnn2C)c(F)c1C. The fourth-order valence-corrected chi connectivity index (χ4v) is 2.48. The number of hydrogen-bond donors (Lipinski definition) is 1. The molecule has 0 bridgehead atoms. The van der Waals surface area contributed by atoms with E-state index in [1.165, 1.54) is 11.8 Å². The number of thioether (sulfide) groups is 1. The molecule has 0 saturated heterocycles. The van der Waals surface area contributed by atoms with E-state index in [0.717, 1.165) is 11.3 Å². The van der Waals surface area contributed by atoms with Crippen molar-refractivity contribution in [1.29, 1.82) is 0 Å². The maximum Gasteiger partial charge on any atom is 0.135 e. The van der Waals surface area contributed by atoms with Crippen LogP contribution in [0.2, 0.25) is 0 Å². The van der Waals surface area contributed by atoms with E-state index in [0.29, 0.717) is 11.1 Å². The third-order valence-corrected chi connectivity index (χ3v) is 3.85. The van der Waals surface area contributed by atoms with Crippen molar-refractivity contribution >= 4 is 11.8 Å². The van der Waals surface area contributed by atoms with Gasteiger partial charge in [0.1, 0.15) is 5.82 Å². The predicted octanol–water partition coefficient (Wildman–Crippen LogP) is 2.85. The van der Waals surface area contributed by atoms with Crippen LogP contribution in [-0.4, -0.2) is 16.0 Å². The van der Waals surface area contributed by atoms with Crippen molar-refractivity contribution in [2.24, 2.45) is 12.8 Å². The molecule has 3 nitrogen and oxygen atoms in total. The Morgan fingerprint density at radius 2 is 2.11 bits per heavy atom. The Bertz CT molecular complexity index is 565. The van der Waals surface area contributed by atoms with Gasteiger partial charge in [0.15, 0.2) is 0 Å². The number of aromatic nitrogens is 2. The van der Waals surface area contributed by atoms with E-state index in [2.05, 4.69) is 5.10 Å². The minimum atomic E-state index is -0.222. The molecule has 96 valence electrons. The number of aryl methyl sites for hydroxylation is 1. The maximum atomic E-state index is 14.4. The summed E-state index contributed by atoms with van der Waals surface area (Å²) in [6.45, 7) is 1.76. The van der Waals surface area contributed by atoms with Crippen LogP contribution < -0.4 is 5.73 Å². The topological polar surface area (TPSA) is 43.8 Å². The van der Waals surface area contributed by atoms with Crippen molar-refractivity contribution in [3.05, 3.63) is 41.3 Å². The molecule has 0 aliphatic carbocycles. The molecule has 0 radical (unpaired) electrons. The van der Waals surface area contributed by atoms with Gasteiger partial charge in [-0.15, -0.1) is 11.8 Å². The van der Waals surface area contributed by atoms with Gasteiger partial charge in [-0.3, -0.25) is 4.68 Å². The predicted molar refractivity (Wildman–Crippen MR) is 73.8 cm³/mol. The highest BCUT2D eigenvalue weighted by atomic mass is 32.2. The molecule has 1 aromatic heterocycles. The second-order valence-corrected chi connectivity index (χ2v) is 5.12. The van der Waals surface area contributed by atoms with Crippen molar-refractivity contribution < 1.29 is 4.39 Å². The molecule has 0 amide bonds. The van der Waals surface area contributed by atoms with Crippen LogP contribution >= 0.6 is 11.8 Å². The molecule has 2 aromatic rings. The van der Waals surface area contributed by atoms with Gasteiger partial charge in [-0.1, -0.05) is 6.07 Å². The summed E-state index contributed by atoms with van der Waals surface area (Å²) in [5, 5.41) is 3.86. The lowest BCUT2D eigenvalue weighted by molar-refractivity contribution is 0.615. The first-order chi connectivity index (χ1) is 8.56. The third kappa shape index (κ3) is 2.15. The minimum absolute atomic E-state index is 0.194. The molecule has 0 spiro atoms. The molecule has 18 heavy (non-hydrogen) atoms. The fourth-order valence-electron chi connectivity index (χ4n) is 1.97. The van der Waals surface area contributed by atoms with E-state index in [-0.39, 0.29) is 11.2 Å². The zero-order chi connectivity index (χ0) is 13.3. The normalized spacial score (nSPS) is 12.7. The van der Waals surface area contributed by atoms with Gasteiger partial charge in [-0.25, -0.2) is 4.39 Å². The standard InChI is InChI=1S/C13H16FN3S/c1-8-9(13(15)18-3)4-5-10(12(8)14)11-6-7-16-17(11)2/h4-7,13H,15H2,1-3H3. The largest absolute Gasteiger partial charge is 0.316 e. The number of benzene rings is 1. The molecule has 2 rings (SSSR count). The zero-order valence-electron chi connectivity index (χ0n) is 10.6. The van der Waals surface area contributed by atoms with Gasteiger partial charge in [-0.05, 0) is 36.4 Å². The highest BCUT2D eigenvalue weighted by Gasteiger charge is 2.16. The highest BCUT2D eigenvalue weighted by molar-refractivity contribution is 7.98. The second-order valence-electron chi connectivity index (χ2n) is 4.14. The Hall–Kier alpha value is -1.33. The van der Waals surface area contributed by atoms with Gasteiger partial charge in [0.2, 0.25) is 0 Å². The Balaban J connectivity index is 2.54. The quantitative estimate of drug-likeness (QED) is 0.868. The molecule has 1 atom stereocenters. The van der Waals surface area contributed by atoms with Crippen LogP contribution in [0.1, 0.15) is 16.5 Å². The van der Waals surface area contributed by atoms with E-state index >= 15 is 0 Å². The van der Waals surface area contributed by atoms with Crippen LogP contribution in [0.5, 0.6) is 0 Å². The number of hydrogen-bond acceptors (Lipinski definition) is 3. The van der Waals surface area contributed by atoms with E-state index in [1.807, 2.05) is 12.3 Å². The van der Waals surface area contributed by atoms with Crippen LogP contribution in [0.15, 0.2) is 24.4 Å². The molecular weight excluding hydrogens is 249 g/mol. The minimum Gasteiger partial charge on any atom is -0.316 e. The number of halogens is 1. The van der Waals surface area contributed by atoms with E-state index < -0.39 is 0 Å². The molecule has 5 heteroatoms.